The summed E-state index contributed by atoms with van der Waals surface area (Å²) in [6.07, 6.45) is 9.16. The first kappa shape index (κ1) is 21.3. The highest BCUT2D eigenvalue weighted by atomic mass is 16.5. The van der Waals surface area contributed by atoms with Gasteiger partial charge >= 0.3 is 0 Å². The van der Waals surface area contributed by atoms with Crippen LogP contribution in [0.25, 0.3) is 34.0 Å². The van der Waals surface area contributed by atoms with Gasteiger partial charge in [0, 0.05) is 54.9 Å². The summed E-state index contributed by atoms with van der Waals surface area (Å²) in [7, 11) is 0. The molecule has 0 saturated carbocycles. The van der Waals surface area contributed by atoms with Gasteiger partial charge in [-0.25, -0.2) is 9.67 Å². The molecule has 1 aliphatic rings. The van der Waals surface area contributed by atoms with E-state index < -0.39 is 0 Å². The zero-order valence-electron chi connectivity index (χ0n) is 19.7. The van der Waals surface area contributed by atoms with Crippen molar-refractivity contribution in [1.82, 2.24) is 29.4 Å². The number of pyridine rings is 1. The van der Waals surface area contributed by atoms with Crippen LogP contribution in [-0.4, -0.2) is 49.1 Å². The summed E-state index contributed by atoms with van der Waals surface area (Å²) in [6.45, 7) is 4.64. The minimum atomic E-state index is 0.633. The molecule has 4 aromatic heterocycles. The number of nitrogens with zero attached hydrogens (tertiary/aromatic N) is 7. The molecule has 0 aliphatic carbocycles. The molecule has 176 valence electrons. The number of piperidine rings is 1. The summed E-state index contributed by atoms with van der Waals surface area (Å²) < 4.78 is 9.46. The maximum Gasteiger partial charge on any atom is 0.160 e. The Kier molecular flexibility index (Phi) is 5.62. The van der Waals surface area contributed by atoms with Gasteiger partial charge in [0.15, 0.2) is 11.5 Å². The van der Waals surface area contributed by atoms with E-state index in [1.165, 1.54) is 19.3 Å². The first-order chi connectivity index (χ1) is 17.3. The Balaban J connectivity index is 1.43. The molecular formula is C27H27N7O. The normalized spacial score (nSPS) is 13.9. The van der Waals surface area contributed by atoms with Gasteiger partial charge in [0.05, 0.1) is 18.0 Å². The second-order valence-electron chi connectivity index (χ2n) is 8.66. The van der Waals surface area contributed by atoms with E-state index >= 15 is 0 Å². The fourth-order valence-corrected chi connectivity index (χ4v) is 4.59. The highest BCUT2D eigenvalue weighted by Crippen LogP contribution is 2.28. The van der Waals surface area contributed by atoms with Crippen LogP contribution < -0.4 is 9.64 Å². The minimum absolute atomic E-state index is 0.633. The summed E-state index contributed by atoms with van der Waals surface area (Å²) in [4.78, 5) is 11.5. The van der Waals surface area contributed by atoms with Crippen LogP contribution in [0.2, 0.25) is 0 Å². The SMILES string of the molecule is CCOc1cccc(-c2ccn(-c3cc(N4CCCCC4)n4nc(-c5ccncc5)cc4n3)n2)c1. The van der Waals surface area contributed by atoms with Crippen molar-refractivity contribution in [3.63, 3.8) is 0 Å². The lowest BCUT2D eigenvalue weighted by molar-refractivity contribution is 0.340. The van der Waals surface area contributed by atoms with Crippen molar-refractivity contribution < 1.29 is 4.74 Å². The second kappa shape index (κ2) is 9.21. The summed E-state index contributed by atoms with van der Waals surface area (Å²) >= 11 is 0. The average Bonchev–Trinajstić information content (AvgIpc) is 3.57. The number of anilines is 1. The molecule has 0 spiro atoms. The van der Waals surface area contributed by atoms with Crippen LogP contribution >= 0.6 is 0 Å². The van der Waals surface area contributed by atoms with E-state index in [0.717, 1.165) is 58.6 Å². The molecule has 1 fully saturated rings. The summed E-state index contributed by atoms with van der Waals surface area (Å²) in [5.41, 5.74) is 4.58. The first-order valence-electron chi connectivity index (χ1n) is 12.1. The van der Waals surface area contributed by atoms with Crippen molar-refractivity contribution >= 4 is 11.5 Å². The first-order valence-corrected chi connectivity index (χ1v) is 12.1. The van der Waals surface area contributed by atoms with Crippen LogP contribution in [0.3, 0.4) is 0 Å². The lowest BCUT2D eigenvalue weighted by atomic mass is 10.1. The molecule has 5 heterocycles. The molecule has 1 saturated heterocycles. The van der Waals surface area contributed by atoms with Crippen LogP contribution in [0, 0.1) is 0 Å². The summed E-state index contributed by atoms with van der Waals surface area (Å²) in [5, 5.41) is 9.77. The number of fused-ring (bicyclic) bond motifs is 1. The van der Waals surface area contributed by atoms with Gasteiger partial charge < -0.3 is 9.64 Å². The van der Waals surface area contributed by atoms with E-state index in [4.69, 9.17) is 19.9 Å². The molecule has 1 aromatic carbocycles. The van der Waals surface area contributed by atoms with Crippen LogP contribution in [0.4, 0.5) is 5.82 Å². The number of aromatic nitrogens is 6. The Morgan fingerprint density at radius 1 is 0.857 bits per heavy atom. The summed E-state index contributed by atoms with van der Waals surface area (Å²) in [6, 6.07) is 18.1. The Hall–Kier alpha value is -4.20. The van der Waals surface area contributed by atoms with Crippen LogP contribution in [0.1, 0.15) is 26.2 Å². The molecule has 0 unspecified atom stereocenters. The van der Waals surface area contributed by atoms with Crippen molar-refractivity contribution in [1.29, 1.82) is 0 Å². The highest BCUT2D eigenvalue weighted by molar-refractivity contribution is 5.67. The van der Waals surface area contributed by atoms with Gasteiger partial charge in [-0.3, -0.25) is 4.98 Å². The van der Waals surface area contributed by atoms with Crippen LogP contribution in [-0.2, 0) is 0 Å². The van der Waals surface area contributed by atoms with Gasteiger partial charge in [0.25, 0.3) is 0 Å². The van der Waals surface area contributed by atoms with E-state index in [9.17, 15) is 0 Å². The van der Waals surface area contributed by atoms with Crippen LogP contribution in [0.15, 0.2) is 73.2 Å². The van der Waals surface area contributed by atoms with E-state index in [-0.39, 0.29) is 0 Å². The van der Waals surface area contributed by atoms with Gasteiger partial charge in [0.1, 0.15) is 11.6 Å². The molecule has 0 amide bonds. The molecule has 1 aliphatic heterocycles. The van der Waals surface area contributed by atoms with Gasteiger partial charge in [0.2, 0.25) is 0 Å². The number of benzene rings is 1. The van der Waals surface area contributed by atoms with E-state index in [2.05, 4.69) is 16.0 Å². The topological polar surface area (TPSA) is 73.4 Å². The third kappa shape index (κ3) is 4.23. The quantitative estimate of drug-likeness (QED) is 0.350. The predicted octanol–water partition coefficient (Wildman–Crippen LogP) is 5.03. The van der Waals surface area contributed by atoms with Crippen LogP contribution in [0.5, 0.6) is 5.75 Å². The molecule has 8 heteroatoms. The maximum atomic E-state index is 5.66. The van der Waals surface area contributed by atoms with Crippen molar-refractivity contribution in [3.05, 3.63) is 73.2 Å². The van der Waals surface area contributed by atoms with Crippen molar-refractivity contribution in [2.45, 2.75) is 26.2 Å². The molecule has 0 radical (unpaired) electrons. The smallest absolute Gasteiger partial charge is 0.160 e. The van der Waals surface area contributed by atoms with Gasteiger partial charge in [-0.1, -0.05) is 12.1 Å². The van der Waals surface area contributed by atoms with Crippen molar-refractivity contribution in [2.24, 2.45) is 0 Å². The zero-order valence-corrected chi connectivity index (χ0v) is 19.7. The maximum absolute atomic E-state index is 5.66. The fraction of sp³-hybridized carbons (Fsp3) is 0.259. The lowest BCUT2D eigenvalue weighted by Crippen LogP contribution is -2.31. The molecule has 0 N–H and O–H groups in total. The van der Waals surface area contributed by atoms with E-state index in [1.54, 1.807) is 12.4 Å². The second-order valence-corrected chi connectivity index (χ2v) is 8.66. The van der Waals surface area contributed by atoms with E-state index in [1.807, 2.05) is 70.8 Å². The Morgan fingerprint density at radius 3 is 2.54 bits per heavy atom. The summed E-state index contributed by atoms with van der Waals surface area (Å²) in [5.74, 6) is 2.65. The minimum Gasteiger partial charge on any atom is -0.494 e. The van der Waals surface area contributed by atoms with Gasteiger partial charge in [-0.15, -0.1) is 0 Å². The Labute approximate surface area is 203 Å². The number of hydrogen-bond donors (Lipinski definition) is 0. The third-order valence-corrected chi connectivity index (χ3v) is 6.32. The lowest BCUT2D eigenvalue weighted by Gasteiger charge is -2.29. The predicted molar refractivity (Wildman–Crippen MR) is 136 cm³/mol. The zero-order chi connectivity index (χ0) is 23.6. The third-order valence-electron chi connectivity index (χ3n) is 6.32. The fourth-order valence-electron chi connectivity index (χ4n) is 4.59. The molecular weight excluding hydrogens is 438 g/mol. The van der Waals surface area contributed by atoms with Gasteiger partial charge in [-0.2, -0.15) is 14.7 Å². The van der Waals surface area contributed by atoms with E-state index in [0.29, 0.717) is 6.61 Å². The number of rotatable bonds is 6. The number of ether oxygens (including phenoxy) is 1. The monoisotopic (exact) mass is 465 g/mol. The molecule has 35 heavy (non-hydrogen) atoms. The molecule has 5 aromatic rings. The van der Waals surface area contributed by atoms with Gasteiger partial charge in [-0.05, 0) is 56.5 Å². The Morgan fingerprint density at radius 2 is 1.71 bits per heavy atom. The highest BCUT2D eigenvalue weighted by Gasteiger charge is 2.19. The average molecular weight is 466 g/mol. The largest absolute Gasteiger partial charge is 0.494 e. The molecule has 8 nitrogen and oxygen atoms in total. The van der Waals surface area contributed by atoms with Crippen molar-refractivity contribution in [2.75, 3.05) is 24.6 Å². The van der Waals surface area contributed by atoms with Crippen molar-refractivity contribution in [3.8, 4) is 34.1 Å². The molecule has 0 atom stereocenters. The number of hydrogen-bond acceptors (Lipinski definition) is 6. The molecule has 0 bridgehead atoms. The molecule has 6 rings (SSSR count). The standard InChI is InChI=1S/C27H27N7O/c1-2-35-22-8-6-7-21(17-22)23-11-16-33(30-23)25-19-27(32-14-4-3-5-15-32)34-26(29-25)18-24(31-34)20-9-12-28-13-10-20/h6-13,16-19H,2-5,14-15H2,1H3. The Bertz CT molecular complexity index is 1450.